The van der Waals surface area contributed by atoms with Gasteiger partial charge in [0.1, 0.15) is 12.0 Å². The van der Waals surface area contributed by atoms with E-state index >= 15 is 0 Å². The number of aromatic nitrogens is 3. The number of nitrogens with one attached hydrogen (secondary N) is 1. The molecular formula is C24H26N6O4. The summed E-state index contributed by atoms with van der Waals surface area (Å²) in [5, 5.41) is 7.76. The standard InChI is InChI=1S/C24H26N6O4/c1-13(24(2,3)23-29-18(12-34-23)22(26)32)28-20-17(21(25)31)10-27-30-11-15(9-19(20)30)14-6-5-7-16(8-14)33-4/h5-13,28H,1-4H3,(H2,25,31)(H2,26,32). The van der Waals surface area contributed by atoms with Crippen LogP contribution in [-0.4, -0.2) is 39.6 Å². The zero-order chi connectivity index (χ0) is 24.6. The topological polar surface area (TPSA) is 151 Å². The van der Waals surface area contributed by atoms with Crippen LogP contribution in [0.5, 0.6) is 5.75 Å². The van der Waals surface area contributed by atoms with Crippen LogP contribution < -0.4 is 21.5 Å². The van der Waals surface area contributed by atoms with Crippen molar-refractivity contribution in [2.75, 3.05) is 12.4 Å². The number of nitrogens with zero attached hydrogens (tertiary/aromatic N) is 3. The highest BCUT2D eigenvalue weighted by Crippen LogP contribution is 2.34. The van der Waals surface area contributed by atoms with Crippen molar-refractivity contribution in [2.45, 2.75) is 32.2 Å². The Bertz CT molecular complexity index is 1390. The highest BCUT2D eigenvalue weighted by Gasteiger charge is 2.34. The summed E-state index contributed by atoms with van der Waals surface area (Å²) in [7, 11) is 1.61. The quantitative estimate of drug-likeness (QED) is 0.364. The van der Waals surface area contributed by atoms with Crippen LogP contribution in [0, 0.1) is 0 Å². The molecule has 0 aliphatic heterocycles. The summed E-state index contributed by atoms with van der Waals surface area (Å²) in [6.07, 6.45) is 4.53. The van der Waals surface area contributed by atoms with Crippen molar-refractivity contribution in [3.05, 3.63) is 66.1 Å². The molecule has 4 aromatic rings. The zero-order valence-electron chi connectivity index (χ0n) is 19.3. The Labute approximate surface area is 195 Å². The number of rotatable bonds is 8. The number of methoxy groups -OCH3 is 1. The molecule has 4 rings (SSSR count). The number of benzene rings is 1. The Morgan fingerprint density at radius 3 is 2.59 bits per heavy atom. The first-order valence-corrected chi connectivity index (χ1v) is 10.6. The van der Waals surface area contributed by atoms with Crippen molar-refractivity contribution >= 4 is 23.0 Å². The first-order valence-electron chi connectivity index (χ1n) is 10.6. The van der Waals surface area contributed by atoms with Gasteiger partial charge >= 0.3 is 0 Å². The summed E-state index contributed by atoms with van der Waals surface area (Å²) in [5.74, 6) is -0.219. The molecule has 3 aromatic heterocycles. The second-order valence-corrected chi connectivity index (χ2v) is 8.58. The summed E-state index contributed by atoms with van der Waals surface area (Å²) in [5.41, 5.74) is 13.6. The summed E-state index contributed by atoms with van der Waals surface area (Å²) >= 11 is 0. The van der Waals surface area contributed by atoms with E-state index in [1.54, 1.807) is 11.6 Å². The van der Waals surface area contributed by atoms with Crippen molar-refractivity contribution in [3.63, 3.8) is 0 Å². The average molecular weight is 463 g/mol. The van der Waals surface area contributed by atoms with Crippen molar-refractivity contribution in [3.8, 4) is 16.9 Å². The molecule has 3 heterocycles. The Morgan fingerprint density at radius 2 is 1.94 bits per heavy atom. The Balaban J connectivity index is 1.76. The first kappa shape index (κ1) is 22.8. The molecule has 0 bridgehead atoms. The second kappa shape index (κ2) is 8.54. The second-order valence-electron chi connectivity index (χ2n) is 8.58. The molecule has 0 radical (unpaired) electrons. The van der Waals surface area contributed by atoms with Crippen LogP contribution >= 0.6 is 0 Å². The average Bonchev–Trinajstić information content (AvgIpc) is 3.47. The maximum atomic E-state index is 12.2. The highest BCUT2D eigenvalue weighted by atomic mass is 16.5. The van der Waals surface area contributed by atoms with E-state index in [1.807, 2.05) is 57.3 Å². The number of carbonyl (C=O) groups is 2. The molecule has 1 unspecified atom stereocenters. The van der Waals surface area contributed by atoms with Crippen LogP contribution in [0.4, 0.5) is 5.69 Å². The van der Waals surface area contributed by atoms with Crippen LogP contribution in [0.25, 0.3) is 16.6 Å². The van der Waals surface area contributed by atoms with E-state index in [0.717, 1.165) is 16.9 Å². The third-order valence-corrected chi connectivity index (χ3v) is 6.06. The Morgan fingerprint density at radius 1 is 1.18 bits per heavy atom. The van der Waals surface area contributed by atoms with Crippen LogP contribution in [-0.2, 0) is 5.41 Å². The number of ether oxygens (including phenoxy) is 1. The minimum Gasteiger partial charge on any atom is -0.497 e. The zero-order valence-corrected chi connectivity index (χ0v) is 19.3. The van der Waals surface area contributed by atoms with Crippen LogP contribution in [0.15, 0.2) is 53.4 Å². The van der Waals surface area contributed by atoms with Gasteiger partial charge in [-0.05, 0) is 44.5 Å². The van der Waals surface area contributed by atoms with Gasteiger partial charge < -0.3 is 25.9 Å². The lowest BCUT2D eigenvalue weighted by molar-refractivity contribution is 0.0989. The Hall–Kier alpha value is -4.34. The molecule has 0 saturated carbocycles. The largest absolute Gasteiger partial charge is 0.497 e. The summed E-state index contributed by atoms with van der Waals surface area (Å²) in [4.78, 5) is 27.9. The van der Waals surface area contributed by atoms with E-state index in [4.69, 9.17) is 20.6 Å². The summed E-state index contributed by atoms with van der Waals surface area (Å²) < 4.78 is 12.5. The number of nitrogens with two attached hydrogens (primary N) is 2. The van der Waals surface area contributed by atoms with E-state index in [1.165, 1.54) is 12.5 Å². The van der Waals surface area contributed by atoms with Gasteiger partial charge in [0.15, 0.2) is 5.69 Å². The monoisotopic (exact) mass is 462 g/mol. The van der Waals surface area contributed by atoms with Crippen molar-refractivity contribution in [2.24, 2.45) is 11.5 Å². The predicted molar refractivity (Wildman–Crippen MR) is 127 cm³/mol. The molecule has 1 aromatic carbocycles. The molecule has 34 heavy (non-hydrogen) atoms. The number of oxazole rings is 1. The molecule has 0 spiro atoms. The molecular weight excluding hydrogens is 436 g/mol. The molecule has 0 aliphatic rings. The van der Waals surface area contributed by atoms with Crippen LogP contribution in [0.3, 0.4) is 0 Å². The molecule has 10 heteroatoms. The summed E-state index contributed by atoms with van der Waals surface area (Å²) in [6.45, 7) is 5.73. The van der Waals surface area contributed by atoms with Gasteiger partial charge in [-0.2, -0.15) is 5.10 Å². The fraction of sp³-hybridized carbons (Fsp3) is 0.250. The van der Waals surface area contributed by atoms with E-state index in [0.29, 0.717) is 17.1 Å². The molecule has 176 valence electrons. The van der Waals surface area contributed by atoms with Crippen molar-refractivity contribution < 1.29 is 18.7 Å². The van der Waals surface area contributed by atoms with Gasteiger partial charge in [-0.1, -0.05) is 12.1 Å². The summed E-state index contributed by atoms with van der Waals surface area (Å²) in [6, 6.07) is 9.27. The molecule has 2 amide bonds. The number of hydrogen-bond acceptors (Lipinski definition) is 7. The van der Waals surface area contributed by atoms with Gasteiger partial charge in [0.25, 0.3) is 11.8 Å². The molecule has 0 aliphatic carbocycles. The molecule has 5 N–H and O–H groups in total. The van der Waals surface area contributed by atoms with Gasteiger partial charge in [0.05, 0.1) is 35.5 Å². The molecule has 0 saturated heterocycles. The predicted octanol–water partition coefficient (Wildman–Crippen LogP) is 2.97. The Kier molecular flexibility index (Phi) is 5.74. The van der Waals surface area contributed by atoms with E-state index in [9.17, 15) is 9.59 Å². The van der Waals surface area contributed by atoms with Crippen molar-refractivity contribution in [1.29, 1.82) is 0 Å². The lowest BCUT2D eigenvalue weighted by Gasteiger charge is -2.30. The van der Waals surface area contributed by atoms with Gasteiger partial charge in [0.2, 0.25) is 5.89 Å². The number of primary amides is 2. The normalized spacial score (nSPS) is 12.5. The number of fused-ring (bicyclic) bond motifs is 1. The lowest BCUT2D eigenvalue weighted by Crippen LogP contribution is -2.38. The molecule has 0 fully saturated rings. The van der Waals surface area contributed by atoms with E-state index in [2.05, 4.69) is 15.4 Å². The van der Waals surface area contributed by atoms with E-state index in [-0.39, 0.29) is 17.3 Å². The maximum Gasteiger partial charge on any atom is 0.270 e. The minimum atomic E-state index is -0.676. The first-order chi connectivity index (χ1) is 16.1. The fourth-order valence-electron chi connectivity index (χ4n) is 3.62. The van der Waals surface area contributed by atoms with Gasteiger partial charge in [-0.25, -0.2) is 9.50 Å². The number of hydrogen-bond donors (Lipinski definition) is 3. The van der Waals surface area contributed by atoms with Crippen LogP contribution in [0.1, 0.15) is 47.5 Å². The van der Waals surface area contributed by atoms with Gasteiger partial charge in [0, 0.05) is 17.8 Å². The van der Waals surface area contributed by atoms with Crippen molar-refractivity contribution in [1.82, 2.24) is 14.6 Å². The third kappa shape index (κ3) is 4.05. The molecule has 1 atom stereocenters. The lowest BCUT2D eigenvalue weighted by atomic mass is 9.85. The van der Waals surface area contributed by atoms with Gasteiger partial charge in [-0.15, -0.1) is 0 Å². The maximum absolute atomic E-state index is 12.2. The third-order valence-electron chi connectivity index (χ3n) is 6.06. The van der Waals surface area contributed by atoms with E-state index < -0.39 is 17.2 Å². The van der Waals surface area contributed by atoms with Crippen LogP contribution in [0.2, 0.25) is 0 Å². The SMILES string of the molecule is COc1cccc(-c2cc3c(NC(C)C(C)(C)c4nc(C(N)=O)co4)c(C(N)=O)cnn3c2)c1. The molecule has 10 nitrogen and oxygen atoms in total. The number of anilines is 1. The number of amides is 2. The number of carbonyl (C=O) groups excluding carboxylic acids is 2. The van der Waals surface area contributed by atoms with Gasteiger partial charge in [-0.3, -0.25) is 9.59 Å². The minimum absolute atomic E-state index is 0.0499. The smallest absolute Gasteiger partial charge is 0.270 e. The fourth-order valence-corrected chi connectivity index (χ4v) is 3.62. The highest BCUT2D eigenvalue weighted by molar-refractivity contribution is 6.02.